The summed E-state index contributed by atoms with van der Waals surface area (Å²) in [4.78, 5) is 9.50. The molecule has 0 unspecified atom stereocenters. The molecule has 2 N–H and O–H groups in total. The number of nitrogens with zero attached hydrogens (tertiary/aromatic N) is 3. The first-order valence-corrected chi connectivity index (χ1v) is 6.25. The Labute approximate surface area is 104 Å². The number of imidazole rings is 1. The number of halogens is 1. The number of pyridine rings is 1. The van der Waals surface area contributed by atoms with Gasteiger partial charge in [0, 0.05) is 16.9 Å². The Hall–Kier alpha value is -1.40. The minimum atomic E-state index is 0.639. The van der Waals surface area contributed by atoms with Crippen molar-refractivity contribution in [1.29, 1.82) is 0 Å². The third-order valence-electron chi connectivity index (χ3n) is 2.29. The summed E-state index contributed by atoms with van der Waals surface area (Å²) in [5.41, 5.74) is 9.46. The highest BCUT2D eigenvalue weighted by molar-refractivity contribution is 9.10. The fraction of sp³-hybridized carbons (Fsp3) is 0. The molecule has 0 saturated heterocycles. The summed E-state index contributed by atoms with van der Waals surface area (Å²) in [5.74, 6) is 0.639. The van der Waals surface area contributed by atoms with E-state index in [0.717, 1.165) is 20.7 Å². The van der Waals surface area contributed by atoms with Crippen molar-refractivity contribution in [3.05, 3.63) is 34.5 Å². The van der Waals surface area contributed by atoms with Crippen LogP contribution in [0.3, 0.4) is 0 Å². The molecule has 3 aromatic heterocycles. The van der Waals surface area contributed by atoms with E-state index in [1.807, 2.05) is 22.7 Å². The predicted octanol–water partition coefficient (Wildman–Crippen LogP) is 2.80. The highest BCUT2D eigenvalue weighted by atomic mass is 79.9. The minimum absolute atomic E-state index is 0.639. The summed E-state index contributed by atoms with van der Waals surface area (Å²) in [6, 6.07) is 3.86. The maximum atomic E-state index is 6.06. The molecule has 0 saturated carbocycles. The van der Waals surface area contributed by atoms with E-state index in [1.165, 1.54) is 11.3 Å². The van der Waals surface area contributed by atoms with Crippen molar-refractivity contribution >= 4 is 38.7 Å². The SMILES string of the molecule is Nc1c(-c2cncs2)nc2ccc(Br)cn12. The molecule has 4 nitrogen and oxygen atoms in total. The van der Waals surface area contributed by atoms with Crippen LogP contribution in [0.1, 0.15) is 0 Å². The molecular formula is C10H7BrN4S. The Balaban J connectivity index is 2.32. The largest absolute Gasteiger partial charge is 0.383 e. The van der Waals surface area contributed by atoms with Gasteiger partial charge in [0.25, 0.3) is 0 Å². The third-order valence-corrected chi connectivity index (χ3v) is 3.53. The molecule has 0 fully saturated rings. The molecule has 6 heteroatoms. The standard InChI is InChI=1S/C10H7BrN4S/c11-6-1-2-8-14-9(7-3-13-5-16-7)10(12)15(8)4-6/h1-5H,12H2. The van der Waals surface area contributed by atoms with E-state index in [1.54, 1.807) is 11.7 Å². The molecule has 0 atom stereocenters. The maximum absolute atomic E-state index is 6.06. The summed E-state index contributed by atoms with van der Waals surface area (Å²) >= 11 is 4.94. The highest BCUT2D eigenvalue weighted by Gasteiger charge is 2.12. The first-order chi connectivity index (χ1) is 7.75. The topological polar surface area (TPSA) is 56.2 Å². The average Bonchev–Trinajstić information content (AvgIpc) is 2.87. The van der Waals surface area contributed by atoms with Gasteiger partial charge in [0.1, 0.15) is 17.2 Å². The smallest absolute Gasteiger partial charge is 0.139 e. The molecule has 0 aliphatic carbocycles. The van der Waals surface area contributed by atoms with Crippen LogP contribution < -0.4 is 5.73 Å². The Morgan fingerprint density at radius 1 is 1.38 bits per heavy atom. The molecule has 0 amide bonds. The van der Waals surface area contributed by atoms with Gasteiger partial charge in [-0.25, -0.2) is 4.98 Å². The van der Waals surface area contributed by atoms with Crippen LogP contribution in [0.25, 0.3) is 16.2 Å². The first kappa shape index (κ1) is 9.80. The van der Waals surface area contributed by atoms with Crippen LogP contribution in [0, 0.1) is 0 Å². The summed E-state index contributed by atoms with van der Waals surface area (Å²) in [6.07, 6.45) is 3.68. The number of hydrogen-bond acceptors (Lipinski definition) is 4. The molecule has 3 heterocycles. The molecule has 0 aliphatic rings. The Kier molecular flexibility index (Phi) is 2.19. The number of rotatable bonds is 1. The van der Waals surface area contributed by atoms with Crippen molar-refractivity contribution < 1.29 is 0 Å². The van der Waals surface area contributed by atoms with Gasteiger partial charge in [-0.3, -0.25) is 9.38 Å². The minimum Gasteiger partial charge on any atom is -0.383 e. The third kappa shape index (κ3) is 1.42. The van der Waals surface area contributed by atoms with Crippen molar-refractivity contribution in [2.45, 2.75) is 0 Å². The van der Waals surface area contributed by atoms with Crippen molar-refractivity contribution in [2.75, 3.05) is 5.73 Å². The second kappa shape index (κ2) is 3.57. The van der Waals surface area contributed by atoms with E-state index in [9.17, 15) is 0 Å². The normalized spacial score (nSPS) is 11.1. The molecule has 3 aromatic rings. The lowest BCUT2D eigenvalue weighted by atomic mass is 10.4. The van der Waals surface area contributed by atoms with Crippen LogP contribution in [0.4, 0.5) is 5.82 Å². The lowest BCUT2D eigenvalue weighted by molar-refractivity contribution is 1.18. The molecular weight excluding hydrogens is 288 g/mol. The Morgan fingerprint density at radius 3 is 3.00 bits per heavy atom. The molecule has 0 radical (unpaired) electrons. The first-order valence-electron chi connectivity index (χ1n) is 4.57. The van der Waals surface area contributed by atoms with Crippen LogP contribution in [-0.4, -0.2) is 14.4 Å². The van der Waals surface area contributed by atoms with Crippen molar-refractivity contribution in [3.63, 3.8) is 0 Å². The van der Waals surface area contributed by atoms with Gasteiger partial charge >= 0.3 is 0 Å². The van der Waals surface area contributed by atoms with E-state index in [2.05, 4.69) is 25.9 Å². The van der Waals surface area contributed by atoms with E-state index < -0.39 is 0 Å². The lowest BCUT2D eigenvalue weighted by Gasteiger charge is -1.96. The van der Waals surface area contributed by atoms with Crippen LogP contribution >= 0.6 is 27.3 Å². The van der Waals surface area contributed by atoms with Crippen LogP contribution in [0.5, 0.6) is 0 Å². The number of nitrogen functional groups attached to an aromatic ring is 1. The van der Waals surface area contributed by atoms with Gasteiger partial charge in [-0.2, -0.15) is 0 Å². The number of hydrogen-bond donors (Lipinski definition) is 1. The van der Waals surface area contributed by atoms with Crippen molar-refractivity contribution in [1.82, 2.24) is 14.4 Å². The Bertz CT molecular complexity index is 644. The van der Waals surface area contributed by atoms with E-state index in [4.69, 9.17) is 5.73 Å². The second-order valence-electron chi connectivity index (χ2n) is 3.29. The van der Waals surface area contributed by atoms with Gasteiger partial charge < -0.3 is 5.73 Å². The maximum Gasteiger partial charge on any atom is 0.139 e. The zero-order valence-corrected chi connectivity index (χ0v) is 10.5. The fourth-order valence-corrected chi connectivity index (χ4v) is 2.51. The molecule has 0 aliphatic heterocycles. The Morgan fingerprint density at radius 2 is 2.25 bits per heavy atom. The number of anilines is 1. The van der Waals surface area contributed by atoms with Crippen LogP contribution in [-0.2, 0) is 0 Å². The van der Waals surface area contributed by atoms with Gasteiger partial charge in [-0.05, 0) is 28.1 Å². The highest BCUT2D eigenvalue weighted by Crippen LogP contribution is 2.29. The van der Waals surface area contributed by atoms with Crippen LogP contribution in [0.2, 0.25) is 0 Å². The summed E-state index contributed by atoms with van der Waals surface area (Å²) in [5, 5.41) is 0. The van der Waals surface area contributed by atoms with E-state index in [-0.39, 0.29) is 0 Å². The van der Waals surface area contributed by atoms with Gasteiger partial charge in [0.2, 0.25) is 0 Å². The second-order valence-corrected chi connectivity index (χ2v) is 5.09. The van der Waals surface area contributed by atoms with E-state index >= 15 is 0 Å². The fourth-order valence-electron chi connectivity index (χ4n) is 1.55. The van der Waals surface area contributed by atoms with Crippen molar-refractivity contribution in [3.8, 4) is 10.6 Å². The van der Waals surface area contributed by atoms with Crippen LogP contribution in [0.15, 0.2) is 34.5 Å². The number of aromatic nitrogens is 3. The number of fused-ring (bicyclic) bond motifs is 1. The van der Waals surface area contributed by atoms with Crippen molar-refractivity contribution in [2.24, 2.45) is 0 Å². The predicted molar refractivity (Wildman–Crippen MR) is 68.4 cm³/mol. The summed E-state index contributed by atoms with van der Waals surface area (Å²) in [6.45, 7) is 0. The lowest BCUT2D eigenvalue weighted by Crippen LogP contribution is -1.93. The average molecular weight is 295 g/mol. The molecule has 16 heavy (non-hydrogen) atoms. The van der Waals surface area contributed by atoms with E-state index in [0.29, 0.717) is 5.82 Å². The molecule has 0 aromatic carbocycles. The van der Waals surface area contributed by atoms with Gasteiger partial charge in [0.05, 0.1) is 10.4 Å². The molecule has 80 valence electrons. The zero-order valence-electron chi connectivity index (χ0n) is 8.09. The van der Waals surface area contributed by atoms with Gasteiger partial charge in [-0.15, -0.1) is 11.3 Å². The summed E-state index contributed by atoms with van der Waals surface area (Å²) in [7, 11) is 0. The molecule has 0 bridgehead atoms. The van der Waals surface area contributed by atoms with Gasteiger partial charge in [0.15, 0.2) is 0 Å². The number of nitrogens with two attached hydrogens (primary N) is 1. The molecule has 0 spiro atoms. The summed E-state index contributed by atoms with van der Waals surface area (Å²) < 4.78 is 2.83. The number of thiazole rings is 1. The molecule has 3 rings (SSSR count). The quantitative estimate of drug-likeness (QED) is 0.751. The monoisotopic (exact) mass is 294 g/mol. The van der Waals surface area contributed by atoms with Gasteiger partial charge in [-0.1, -0.05) is 0 Å². The zero-order chi connectivity index (χ0) is 11.1.